The van der Waals surface area contributed by atoms with Crippen LogP contribution in [0, 0.1) is 12.7 Å². The molecule has 2 aromatic carbocycles. The number of rotatable bonds is 3. The van der Waals surface area contributed by atoms with Crippen LogP contribution >= 0.6 is 0 Å². The molecule has 2 rings (SSSR count). The maximum atomic E-state index is 13.3. The molecule has 0 saturated carbocycles. The summed E-state index contributed by atoms with van der Waals surface area (Å²) in [5, 5.41) is 2.92. The third-order valence-electron chi connectivity index (χ3n) is 3.07. The molecule has 0 bridgehead atoms. The molecule has 6 heteroatoms. The second-order valence-corrected chi connectivity index (χ2v) is 4.74. The maximum absolute atomic E-state index is 13.3. The fourth-order valence-electron chi connectivity index (χ4n) is 1.90. The van der Waals surface area contributed by atoms with E-state index in [1.165, 1.54) is 18.2 Å². The number of hydrogen-bond acceptors (Lipinski definition) is 2. The van der Waals surface area contributed by atoms with Crippen LogP contribution in [0.2, 0.25) is 0 Å². The van der Waals surface area contributed by atoms with Gasteiger partial charge in [-0.3, -0.25) is 0 Å². The Morgan fingerprint density at radius 2 is 1.86 bits per heavy atom. The van der Waals surface area contributed by atoms with Crippen LogP contribution in [-0.4, -0.2) is 0 Å². The van der Waals surface area contributed by atoms with Gasteiger partial charge in [0.05, 0.1) is 16.9 Å². The molecule has 0 heterocycles. The molecule has 0 atom stereocenters. The van der Waals surface area contributed by atoms with Crippen molar-refractivity contribution in [1.82, 2.24) is 0 Å². The van der Waals surface area contributed by atoms with Crippen LogP contribution in [-0.2, 0) is 12.7 Å². The predicted molar refractivity (Wildman–Crippen MR) is 74.3 cm³/mol. The quantitative estimate of drug-likeness (QED) is 0.653. The van der Waals surface area contributed by atoms with Crippen molar-refractivity contribution in [2.75, 3.05) is 11.1 Å². The largest absolute Gasteiger partial charge is 0.416 e. The Morgan fingerprint density at radius 1 is 1.14 bits per heavy atom. The number of anilines is 2. The molecular formula is C15H14F4N2. The molecule has 0 amide bonds. The van der Waals surface area contributed by atoms with E-state index >= 15 is 0 Å². The summed E-state index contributed by atoms with van der Waals surface area (Å²) in [6, 6.07) is 7.72. The normalized spacial score (nSPS) is 11.5. The number of alkyl halides is 3. The highest BCUT2D eigenvalue weighted by atomic mass is 19.4. The Labute approximate surface area is 119 Å². The zero-order valence-electron chi connectivity index (χ0n) is 11.3. The van der Waals surface area contributed by atoms with Crippen molar-refractivity contribution >= 4 is 11.4 Å². The van der Waals surface area contributed by atoms with Crippen LogP contribution in [0.1, 0.15) is 16.7 Å². The molecule has 0 unspecified atom stereocenters. The number of nitrogen functional groups attached to an aromatic ring is 1. The lowest BCUT2D eigenvalue weighted by Crippen LogP contribution is -2.07. The first-order chi connectivity index (χ1) is 9.77. The minimum absolute atomic E-state index is 0.166. The summed E-state index contributed by atoms with van der Waals surface area (Å²) in [7, 11) is 0. The van der Waals surface area contributed by atoms with Gasteiger partial charge in [-0.2, -0.15) is 13.2 Å². The molecule has 21 heavy (non-hydrogen) atoms. The van der Waals surface area contributed by atoms with Crippen LogP contribution < -0.4 is 11.1 Å². The molecule has 0 aliphatic heterocycles. The molecule has 0 aliphatic carbocycles. The number of nitrogens with two attached hydrogens (primary N) is 1. The monoisotopic (exact) mass is 298 g/mol. The van der Waals surface area contributed by atoms with Gasteiger partial charge in [-0.1, -0.05) is 12.1 Å². The lowest BCUT2D eigenvalue weighted by atomic mass is 10.1. The van der Waals surface area contributed by atoms with Gasteiger partial charge in [0, 0.05) is 6.54 Å². The van der Waals surface area contributed by atoms with Crippen LogP contribution in [0.5, 0.6) is 0 Å². The smallest absolute Gasteiger partial charge is 0.397 e. The van der Waals surface area contributed by atoms with E-state index in [-0.39, 0.29) is 12.2 Å². The van der Waals surface area contributed by atoms with Gasteiger partial charge in [0.2, 0.25) is 0 Å². The van der Waals surface area contributed by atoms with Gasteiger partial charge in [0.25, 0.3) is 0 Å². The van der Waals surface area contributed by atoms with Crippen molar-refractivity contribution in [1.29, 1.82) is 0 Å². The third kappa shape index (κ3) is 3.65. The standard InChI is InChI=1S/C15H14F4N2/c1-9-5-14(13(20)7-12(9)16)21-8-10-3-2-4-11(6-10)15(17,18)19/h2-7,21H,8,20H2,1H3. The van der Waals surface area contributed by atoms with Crippen molar-refractivity contribution in [2.45, 2.75) is 19.6 Å². The van der Waals surface area contributed by atoms with Crippen molar-refractivity contribution in [3.8, 4) is 0 Å². The summed E-state index contributed by atoms with van der Waals surface area (Å²) in [5.74, 6) is -0.419. The van der Waals surface area contributed by atoms with E-state index in [0.29, 0.717) is 16.8 Å². The first kappa shape index (κ1) is 15.2. The second-order valence-electron chi connectivity index (χ2n) is 4.74. The molecule has 0 radical (unpaired) electrons. The summed E-state index contributed by atoms with van der Waals surface area (Å²) >= 11 is 0. The molecule has 0 spiro atoms. The van der Waals surface area contributed by atoms with E-state index in [0.717, 1.165) is 12.1 Å². The number of aryl methyl sites for hydroxylation is 1. The number of hydrogen-bond donors (Lipinski definition) is 2. The first-order valence-electron chi connectivity index (χ1n) is 6.23. The Bertz CT molecular complexity index is 651. The first-order valence-corrected chi connectivity index (χ1v) is 6.23. The van der Waals surface area contributed by atoms with E-state index in [1.54, 1.807) is 13.0 Å². The Hall–Kier alpha value is -2.24. The van der Waals surface area contributed by atoms with Gasteiger partial charge in [0.15, 0.2) is 0 Å². The highest BCUT2D eigenvalue weighted by molar-refractivity contribution is 5.67. The average Bonchev–Trinajstić information content (AvgIpc) is 2.41. The van der Waals surface area contributed by atoms with E-state index in [4.69, 9.17) is 5.73 Å². The highest BCUT2D eigenvalue weighted by Crippen LogP contribution is 2.30. The zero-order valence-corrected chi connectivity index (χ0v) is 11.3. The van der Waals surface area contributed by atoms with Gasteiger partial charge in [-0.15, -0.1) is 0 Å². The van der Waals surface area contributed by atoms with Crippen molar-refractivity contribution in [2.24, 2.45) is 0 Å². The molecule has 0 saturated heterocycles. The predicted octanol–water partition coefficient (Wildman–Crippen LogP) is 4.35. The molecule has 112 valence electrons. The SMILES string of the molecule is Cc1cc(NCc2cccc(C(F)(F)F)c2)c(N)cc1F. The van der Waals surface area contributed by atoms with Crippen molar-refractivity contribution in [3.05, 3.63) is 58.9 Å². The summed E-state index contributed by atoms with van der Waals surface area (Å²) in [6.07, 6.45) is -4.37. The highest BCUT2D eigenvalue weighted by Gasteiger charge is 2.30. The average molecular weight is 298 g/mol. The van der Waals surface area contributed by atoms with Gasteiger partial charge >= 0.3 is 6.18 Å². The van der Waals surface area contributed by atoms with Crippen LogP contribution in [0.4, 0.5) is 28.9 Å². The molecule has 0 aliphatic rings. The lowest BCUT2D eigenvalue weighted by molar-refractivity contribution is -0.137. The molecule has 0 fully saturated rings. The number of halogens is 4. The Balaban J connectivity index is 2.15. The Kier molecular flexibility index (Phi) is 4.06. The van der Waals surface area contributed by atoms with Gasteiger partial charge < -0.3 is 11.1 Å². The molecular weight excluding hydrogens is 284 g/mol. The van der Waals surface area contributed by atoms with Gasteiger partial charge in [0.1, 0.15) is 5.82 Å². The number of benzene rings is 2. The summed E-state index contributed by atoms with van der Waals surface area (Å²) in [6.45, 7) is 1.75. The van der Waals surface area contributed by atoms with E-state index < -0.39 is 17.6 Å². The van der Waals surface area contributed by atoms with Gasteiger partial charge in [-0.05, 0) is 42.3 Å². The van der Waals surface area contributed by atoms with E-state index in [1.807, 2.05) is 0 Å². The van der Waals surface area contributed by atoms with Crippen molar-refractivity contribution in [3.63, 3.8) is 0 Å². The topological polar surface area (TPSA) is 38.0 Å². The third-order valence-corrected chi connectivity index (χ3v) is 3.07. The fraction of sp³-hybridized carbons (Fsp3) is 0.200. The molecule has 2 nitrogen and oxygen atoms in total. The van der Waals surface area contributed by atoms with E-state index in [9.17, 15) is 17.6 Å². The van der Waals surface area contributed by atoms with Crippen LogP contribution in [0.3, 0.4) is 0 Å². The molecule has 0 aromatic heterocycles. The summed E-state index contributed by atoms with van der Waals surface area (Å²) in [5.41, 5.74) is 6.55. The van der Waals surface area contributed by atoms with Crippen LogP contribution in [0.15, 0.2) is 36.4 Å². The minimum atomic E-state index is -4.37. The Morgan fingerprint density at radius 3 is 2.52 bits per heavy atom. The fourth-order valence-corrected chi connectivity index (χ4v) is 1.90. The summed E-state index contributed by atoms with van der Waals surface area (Å²) in [4.78, 5) is 0. The van der Waals surface area contributed by atoms with Crippen molar-refractivity contribution < 1.29 is 17.6 Å². The van der Waals surface area contributed by atoms with E-state index in [2.05, 4.69) is 5.32 Å². The number of nitrogens with one attached hydrogen (secondary N) is 1. The van der Waals surface area contributed by atoms with Gasteiger partial charge in [-0.25, -0.2) is 4.39 Å². The lowest BCUT2D eigenvalue weighted by Gasteiger charge is -2.12. The zero-order chi connectivity index (χ0) is 15.6. The second kappa shape index (κ2) is 5.63. The maximum Gasteiger partial charge on any atom is 0.416 e. The molecule has 3 N–H and O–H groups in total. The van der Waals surface area contributed by atoms with Crippen LogP contribution in [0.25, 0.3) is 0 Å². The minimum Gasteiger partial charge on any atom is -0.397 e. The summed E-state index contributed by atoms with van der Waals surface area (Å²) < 4.78 is 51.1. The molecule has 2 aromatic rings.